The zero-order valence-electron chi connectivity index (χ0n) is 17.8. The van der Waals surface area contributed by atoms with Crippen molar-refractivity contribution in [2.75, 3.05) is 31.2 Å². The van der Waals surface area contributed by atoms with Crippen molar-refractivity contribution in [2.24, 2.45) is 5.92 Å². The Labute approximate surface area is 188 Å². The Morgan fingerprint density at radius 2 is 2.03 bits per heavy atom. The van der Waals surface area contributed by atoms with Crippen LogP contribution in [0.4, 0.5) is 19.0 Å². The molecule has 33 heavy (non-hydrogen) atoms. The van der Waals surface area contributed by atoms with Crippen LogP contribution >= 0.6 is 0 Å². The smallest absolute Gasteiger partial charge is 0.411 e. The number of fused-ring (bicyclic) bond motifs is 1. The number of aryl methyl sites for hydroxylation is 1. The molecular formula is C23H24F3N3O4. The minimum atomic E-state index is -4.34. The van der Waals surface area contributed by atoms with E-state index in [1.165, 1.54) is 0 Å². The SMILES string of the molecule is O=C(O)C1CCN(c2nc(CCCOCC(F)(F)F)cnc2-c2ccc3occc3c2)CC1. The van der Waals surface area contributed by atoms with Crippen molar-refractivity contribution in [3.63, 3.8) is 0 Å². The topological polar surface area (TPSA) is 88.7 Å². The van der Waals surface area contributed by atoms with Gasteiger partial charge in [-0.15, -0.1) is 0 Å². The molecule has 1 N–H and O–H groups in total. The Balaban J connectivity index is 1.54. The van der Waals surface area contributed by atoms with Crippen LogP contribution in [0.2, 0.25) is 0 Å². The number of anilines is 1. The van der Waals surface area contributed by atoms with Crippen LogP contribution in [0, 0.1) is 5.92 Å². The lowest BCUT2D eigenvalue weighted by molar-refractivity contribution is -0.174. The van der Waals surface area contributed by atoms with Crippen LogP contribution in [0.1, 0.15) is 25.0 Å². The van der Waals surface area contributed by atoms with E-state index in [4.69, 9.17) is 9.40 Å². The van der Waals surface area contributed by atoms with Gasteiger partial charge in [0, 0.05) is 36.8 Å². The Bertz CT molecular complexity index is 1110. The monoisotopic (exact) mass is 463 g/mol. The average molecular weight is 463 g/mol. The molecule has 10 heteroatoms. The van der Waals surface area contributed by atoms with Crippen molar-refractivity contribution < 1.29 is 32.2 Å². The highest BCUT2D eigenvalue weighted by Crippen LogP contribution is 2.32. The molecule has 0 radical (unpaired) electrons. The number of halogens is 3. The van der Waals surface area contributed by atoms with Gasteiger partial charge in [0.2, 0.25) is 0 Å². The fraction of sp³-hybridized carbons (Fsp3) is 0.435. The number of carboxylic acid groups (broad SMARTS) is 1. The van der Waals surface area contributed by atoms with Gasteiger partial charge < -0.3 is 19.2 Å². The first-order valence-electron chi connectivity index (χ1n) is 10.8. The first-order valence-corrected chi connectivity index (χ1v) is 10.8. The summed E-state index contributed by atoms with van der Waals surface area (Å²) in [6.07, 6.45) is 0.718. The summed E-state index contributed by atoms with van der Waals surface area (Å²) in [4.78, 5) is 22.8. The molecule has 1 aromatic carbocycles. The number of ether oxygens (including phenoxy) is 1. The van der Waals surface area contributed by atoms with E-state index in [1.54, 1.807) is 12.5 Å². The number of aliphatic carboxylic acids is 1. The molecule has 0 amide bonds. The van der Waals surface area contributed by atoms with E-state index in [1.807, 2.05) is 29.2 Å². The van der Waals surface area contributed by atoms with Gasteiger partial charge in [0.1, 0.15) is 17.9 Å². The summed E-state index contributed by atoms with van der Waals surface area (Å²) >= 11 is 0. The molecule has 0 aliphatic carbocycles. The molecule has 0 saturated carbocycles. The molecule has 7 nitrogen and oxygen atoms in total. The number of hydrogen-bond donors (Lipinski definition) is 1. The van der Waals surface area contributed by atoms with Crippen LogP contribution in [0.25, 0.3) is 22.2 Å². The lowest BCUT2D eigenvalue weighted by Gasteiger charge is -2.32. The summed E-state index contributed by atoms with van der Waals surface area (Å²) in [5.41, 5.74) is 2.93. The number of hydrogen-bond acceptors (Lipinski definition) is 6. The van der Waals surface area contributed by atoms with Gasteiger partial charge in [-0.05, 0) is 49.9 Å². The summed E-state index contributed by atoms with van der Waals surface area (Å²) in [6.45, 7) is -0.229. The van der Waals surface area contributed by atoms with E-state index in [2.05, 4.69) is 9.72 Å². The highest BCUT2D eigenvalue weighted by molar-refractivity contribution is 5.85. The van der Waals surface area contributed by atoms with Crippen molar-refractivity contribution in [3.05, 3.63) is 42.4 Å². The number of rotatable bonds is 8. The van der Waals surface area contributed by atoms with Gasteiger partial charge in [0.25, 0.3) is 0 Å². The standard InChI is InChI=1S/C23H24F3N3O4/c24-23(25,26)14-32-10-1-2-18-13-27-20(17-3-4-19-16(12-17)7-11-33-19)21(28-18)29-8-5-15(6-9-29)22(30)31/h3-4,7,11-13,15H,1-2,5-6,8-10,14H2,(H,30,31). The van der Waals surface area contributed by atoms with Crippen molar-refractivity contribution in [1.82, 2.24) is 9.97 Å². The second-order valence-corrected chi connectivity index (χ2v) is 8.08. The molecular weight excluding hydrogens is 439 g/mol. The van der Waals surface area contributed by atoms with E-state index in [0.717, 1.165) is 16.5 Å². The molecule has 1 aliphatic rings. The summed E-state index contributed by atoms with van der Waals surface area (Å²) in [7, 11) is 0. The molecule has 4 rings (SSSR count). The molecule has 176 valence electrons. The quantitative estimate of drug-likeness (QED) is 0.484. The summed E-state index contributed by atoms with van der Waals surface area (Å²) in [6, 6.07) is 7.58. The molecule has 0 atom stereocenters. The van der Waals surface area contributed by atoms with Gasteiger partial charge in [-0.3, -0.25) is 9.78 Å². The lowest BCUT2D eigenvalue weighted by atomic mass is 9.96. The van der Waals surface area contributed by atoms with Gasteiger partial charge in [-0.1, -0.05) is 0 Å². The zero-order chi connectivity index (χ0) is 23.4. The van der Waals surface area contributed by atoms with Gasteiger partial charge in [0.05, 0.1) is 17.9 Å². The number of benzene rings is 1. The van der Waals surface area contributed by atoms with E-state index in [0.29, 0.717) is 56.0 Å². The number of carboxylic acids is 1. The highest BCUT2D eigenvalue weighted by Gasteiger charge is 2.28. The summed E-state index contributed by atoms with van der Waals surface area (Å²) < 4.78 is 46.8. The number of nitrogens with zero attached hydrogens (tertiary/aromatic N) is 3. The van der Waals surface area contributed by atoms with Crippen LogP contribution in [0.3, 0.4) is 0 Å². The molecule has 3 heterocycles. The first kappa shape index (κ1) is 23.0. The van der Waals surface area contributed by atoms with Crippen LogP contribution in [0.15, 0.2) is 41.1 Å². The fourth-order valence-electron chi connectivity index (χ4n) is 3.95. The van der Waals surface area contributed by atoms with Crippen LogP contribution in [-0.2, 0) is 16.0 Å². The number of furan rings is 1. The Morgan fingerprint density at radius 3 is 2.76 bits per heavy atom. The Hall–Kier alpha value is -3.14. The molecule has 0 spiro atoms. The number of aromatic nitrogens is 2. The highest BCUT2D eigenvalue weighted by atomic mass is 19.4. The summed E-state index contributed by atoms with van der Waals surface area (Å²) in [5, 5.41) is 10.2. The Morgan fingerprint density at radius 1 is 1.24 bits per heavy atom. The zero-order valence-corrected chi connectivity index (χ0v) is 17.8. The van der Waals surface area contributed by atoms with E-state index < -0.39 is 18.8 Å². The predicted molar refractivity (Wildman–Crippen MR) is 115 cm³/mol. The third-order valence-corrected chi connectivity index (χ3v) is 5.66. The molecule has 3 aromatic rings. The minimum Gasteiger partial charge on any atom is -0.481 e. The van der Waals surface area contributed by atoms with E-state index >= 15 is 0 Å². The molecule has 0 unspecified atom stereocenters. The van der Waals surface area contributed by atoms with Crippen molar-refractivity contribution in [2.45, 2.75) is 31.9 Å². The number of carbonyl (C=O) groups is 1. The van der Waals surface area contributed by atoms with Crippen LogP contribution < -0.4 is 4.90 Å². The van der Waals surface area contributed by atoms with Crippen molar-refractivity contribution in [1.29, 1.82) is 0 Å². The van der Waals surface area contributed by atoms with Crippen molar-refractivity contribution in [3.8, 4) is 11.3 Å². The number of alkyl halides is 3. The first-order chi connectivity index (χ1) is 15.8. The van der Waals surface area contributed by atoms with Crippen LogP contribution in [-0.4, -0.2) is 53.5 Å². The summed E-state index contributed by atoms with van der Waals surface area (Å²) in [5.74, 6) is -0.525. The van der Waals surface area contributed by atoms with Gasteiger partial charge in [-0.25, -0.2) is 4.98 Å². The third-order valence-electron chi connectivity index (χ3n) is 5.66. The largest absolute Gasteiger partial charge is 0.481 e. The number of piperidine rings is 1. The maximum atomic E-state index is 12.2. The predicted octanol–water partition coefficient (Wildman–Crippen LogP) is 4.70. The Kier molecular flexibility index (Phi) is 6.83. The van der Waals surface area contributed by atoms with Gasteiger partial charge in [-0.2, -0.15) is 13.2 Å². The second kappa shape index (κ2) is 9.78. The van der Waals surface area contributed by atoms with E-state index in [-0.39, 0.29) is 12.5 Å². The average Bonchev–Trinajstić information content (AvgIpc) is 3.26. The fourth-order valence-corrected chi connectivity index (χ4v) is 3.95. The molecule has 2 aromatic heterocycles. The molecule has 1 fully saturated rings. The van der Waals surface area contributed by atoms with Crippen LogP contribution in [0.5, 0.6) is 0 Å². The molecule has 0 bridgehead atoms. The maximum Gasteiger partial charge on any atom is 0.411 e. The molecule has 1 aliphatic heterocycles. The minimum absolute atomic E-state index is 0.0283. The van der Waals surface area contributed by atoms with Crippen molar-refractivity contribution >= 4 is 22.8 Å². The lowest BCUT2D eigenvalue weighted by Crippen LogP contribution is -2.37. The third kappa shape index (κ3) is 5.81. The normalized spacial score (nSPS) is 15.3. The van der Waals surface area contributed by atoms with E-state index in [9.17, 15) is 23.1 Å². The van der Waals surface area contributed by atoms with Gasteiger partial charge >= 0.3 is 12.1 Å². The van der Waals surface area contributed by atoms with Gasteiger partial charge in [0.15, 0.2) is 5.82 Å². The maximum absolute atomic E-state index is 12.2. The second-order valence-electron chi connectivity index (χ2n) is 8.08. The molecule has 1 saturated heterocycles.